The molecule has 2 amide bonds. The van der Waals surface area contributed by atoms with Crippen molar-refractivity contribution in [2.75, 3.05) is 32.9 Å². The van der Waals surface area contributed by atoms with Crippen molar-refractivity contribution in [1.29, 1.82) is 0 Å². The lowest BCUT2D eigenvalue weighted by Gasteiger charge is -2.41. The number of alkyl carbamates (subject to hydrolysis) is 1. The van der Waals surface area contributed by atoms with Gasteiger partial charge in [-0.15, -0.1) is 0 Å². The molecule has 0 radical (unpaired) electrons. The Balaban J connectivity index is 1.20. The van der Waals surface area contributed by atoms with Crippen LogP contribution in [-0.4, -0.2) is 66.4 Å². The summed E-state index contributed by atoms with van der Waals surface area (Å²) in [7, 11) is 0. The summed E-state index contributed by atoms with van der Waals surface area (Å²) in [6, 6.07) is 16.3. The van der Waals surface area contributed by atoms with E-state index in [0.717, 1.165) is 35.1 Å². The number of hydrogen-bond donors (Lipinski definition) is 2. The predicted octanol–water partition coefficient (Wildman–Crippen LogP) is 3.40. The lowest BCUT2D eigenvalue weighted by molar-refractivity contribution is -0.162. The normalized spacial score (nSPS) is 19.3. The van der Waals surface area contributed by atoms with Gasteiger partial charge in [0.2, 0.25) is 5.91 Å². The zero-order valence-corrected chi connectivity index (χ0v) is 19.3. The summed E-state index contributed by atoms with van der Waals surface area (Å²) >= 11 is 0. The zero-order valence-electron chi connectivity index (χ0n) is 19.3. The molecule has 2 aromatic rings. The van der Waals surface area contributed by atoms with Crippen molar-refractivity contribution in [3.8, 4) is 11.1 Å². The van der Waals surface area contributed by atoms with Crippen LogP contribution in [0.2, 0.25) is 0 Å². The third-order valence-electron chi connectivity index (χ3n) is 6.74. The summed E-state index contributed by atoms with van der Waals surface area (Å²) in [5, 5.41) is 12.2. The molecule has 8 nitrogen and oxygen atoms in total. The van der Waals surface area contributed by atoms with Gasteiger partial charge in [0.15, 0.2) is 0 Å². The van der Waals surface area contributed by atoms with E-state index < -0.39 is 17.6 Å². The Morgan fingerprint density at radius 1 is 1.06 bits per heavy atom. The van der Waals surface area contributed by atoms with Gasteiger partial charge in [0, 0.05) is 19.0 Å². The molecule has 180 valence electrons. The molecule has 8 heteroatoms. The molecule has 2 aliphatic rings. The van der Waals surface area contributed by atoms with Crippen molar-refractivity contribution in [1.82, 2.24) is 10.2 Å². The zero-order chi connectivity index (χ0) is 24.1. The lowest BCUT2D eigenvalue weighted by atomic mass is 9.88. The van der Waals surface area contributed by atoms with Gasteiger partial charge >= 0.3 is 12.1 Å². The van der Waals surface area contributed by atoms with Crippen LogP contribution in [0.5, 0.6) is 0 Å². The quantitative estimate of drug-likeness (QED) is 0.578. The van der Waals surface area contributed by atoms with Crippen LogP contribution in [0.1, 0.15) is 43.2 Å². The number of ether oxygens (including phenoxy) is 2. The molecule has 2 N–H and O–H groups in total. The van der Waals surface area contributed by atoms with Gasteiger partial charge in [0.05, 0.1) is 6.61 Å². The number of carboxylic acids is 1. The van der Waals surface area contributed by atoms with E-state index in [4.69, 9.17) is 9.47 Å². The summed E-state index contributed by atoms with van der Waals surface area (Å²) in [6.07, 6.45) is 1.43. The fourth-order valence-corrected chi connectivity index (χ4v) is 4.86. The van der Waals surface area contributed by atoms with E-state index in [1.165, 1.54) is 4.90 Å². The van der Waals surface area contributed by atoms with E-state index in [-0.39, 0.29) is 38.2 Å². The number of piperidine rings is 1. The predicted molar refractivity (Wildman–Crippen MR) is 125 cm³/mol. The number of likely N-dealkylation sites (tertiary alicyclic amines) is 1. The van der Waals surface area contributed by atoms with Crippen molar-refractivity contribution in [3.63, 3.8) is 0 Å². The van der Waals surface area contributed by atoms with Crippen molar-refractivity contribution in [2.24, 2.45) is 0 Å². The standard InChI is InChI=1S/C26H30N2O6/c1-26(24(30)31)12-6-7-14-28(26)23(29)17-33-15-13-27-25(32)34-16-22-20-10-4-2-8-18(20)19-9-3-5-11-21(19)22/h2-5,8-11,22H,6-7,12-17H2,1H3,(H,27,32)(H,30,31). The first-order chi connectivity index (χ1) is 16.4. The van der Waals surface area contributed by atoms with Gasteiger partial charge in [-0.05, 0) is 48.4 Å². The lowest BCUT2D eigenvalue weighted by Crippen LogP contribution is -2.58. The molecule has 0 aromatic heterocycles. The molecule has 1 aliphatic heterocycles. The summed E-state index contributed by atoms with van der Waals surface area (Å²) in [4.78, 5) is 37.7. The van der Waals surface area contributed by atoms with Crippen LogP contribution < -0.4 is 5.32 Å². The Morgan fingerprint density at radius 3 is 2.35 bits per heavy atom. The van der Waals surface area contributed by atoms with E-state index >= 15 is 0 Å². The maximum atomic E-state index is 12.5. The first-order valence-electron chi connectivity index (χ1n) is 11.6. The number of amides is 2. The highest BCUT2D eigenvalue weighted by Crippen LogP contribution is 2.44. The fourth-order valence-electron chi connectivity index (χ4n) is 4.86. The Hall–Kier alpha value is -3.39. The third-order valence-corrected chi connectivity index (χ3v) is 6.74. The number of rotatable bonds is 8. The highest BCUT2D eigenvalue weighted by Gasteiger charge is 2.43. The molecule has 4 rings (SSSR count). The minimum absolute atomic E-state index is 0.0138. The van der Waals surface area contributed by atoms with Crippen molar-refractivity contribution in [3.05, 3.63) is 59.7 Å². The first kappa shape index (κ1) is 23.8. The average molecular weight is 467 g/mol. The van der Waals surface area contributed by atoms with Crippen LogP contribution in [0.4, 0.5) is 4.79 Å². The van der Waals surface area contributed by atoms with Gasteiger partial charge in [-0.3, -0.25) is 4.79 Å². The minimum Gasteiger partial charge on any atom is -0.480 e. The number of aliphatic carboxylic acids is 1. The largest absolute Gasteiger partial charge is 0.480 e. The maximum absolute atomic E-state index is 12.5. The summed E-state index contributed by atoms with van der Waals surface area (Å²) in [5.74, 6) is -1.37. The molecule has 0 bridgehead atoms. The minimum atomic E-state index is -1.20. The second kappa shape index (κ2) is 10.3. The fraction of sp³-hybridized carbons (Fsp3) is 0.423. The Morgan fingerprint density at radius 2 is 1.71 bits per heavy atom. The maximum Gasteiger partial charge on any atom is 0.407 e. The van der Waals surface area contributed by atoms with Gasteiger partial charge in [-0.1, -0.05) is 48.5 Å². The van der Waals surface area contributed by atoms with Gasteiger partial charge < -0.3 is 24.8 Å². The van der Waals surface area contributed by atoms with Gasteiger partial charge in [0.1, 0.15) is 18.8 Å². The van der Waals surface area contributed by atoms with Crippen LogP contribution in [0, 0.1) is 0 Å². The second-order valence-corrected chi connectivity index (χ2v) is 8.89. The van der Waals surface area contributed by atoms with Crippen LogP contribution in [-0.2, 0) is 19.1 Å². The van der Waals surface area contributed by atoms with Crippen LogP contribution >= 0.6 is 0 Å². The van der Waals surface area contributed by atoms with Crippen LogP contribution in [0.15, 0.2) is 48.5 Å². The number of hydrogen-bond acceptors (Lipinski definition) is 5. The number of benzene rings is 2. The Kier molecular flexibility index (Phi) is 7.17. The molecule has 1 saturated heterocycles. The van der Waals surface area contributed by atoms with Gasteiger partial charge in [-0.25, -0.2) is 9.59 Å². The molecule has 0 saturated carbocycles. The van der Waals surface area contributed by atoms with E-state index in [0.29, 0.717) is 13.0 Å². The molecule has 0 spiro atoms. The van der Waals surface area contributed by atoms with Gasteiger partial charge in [-0.2, -0.15) is 0 Å². The summed E-state index contributed by atoms with van der Waals surface area (Å²) in [6.45, 7) is 2.28. The van der Waals surface area contributed by atoms with Crippen LogP contribution in [0.3, 0.4) is 0 Å². The Bertz CT molecular complexity index is 1030. The smallest absolute Gasteiger partial charge is 0.407 e. The van der Waals surface area contributed by atoms with Crippen molar-refractivity contribution < 1.29 is 29.0 Å². The SMILES string of the molecule is CC1(C(=O)O)CCCCN1C(=O)COCCNC(=O)OCC1c2ccccc2-c2ccccc21. The monoisotopic (exact) mass is 466 g/mol. The summed E-state index contributed by atoms with van der Waals surface area (Å²) < 4.78 is 10.9. The highest BCUT2D eigenvalue weighted by atomic mass is 16.5. The Labute approximate surface area is 198 Å². The number of nitrogens with one attached hydrogen (secondary N) is 1. The topological polar surface area (TPSA) is 105 Å². The first-order valence-corrected chi connectivity index (χ1v) is 11.6. The van der Waals surface area contributed by atoms with E-state index in [1.54, 1.807) is 6.92 Å². The molecule has 1 aliphatic carbocycles. The average Bonchev–Trinajstić information content (AvgIpc) is 3.16. The second-order valence-electron chi connectivity index (χ2n) is 8.89. The third kappa shape index (κ3) is 4.77. The number of carbonyl (C=O) groups is 3. The number of nitrogens with zero attached hydrogens (tertiary/aromatic N) is 1. The van der Waals surface area contributed by atoms with Crippen LogP contribution in [0.25, 0.3) is 11.1 Å². The van der Waals surface area contributed by atoms with E-state index in [2.05, 4.69) is 29.6 Å². The highest BCUT2D eigenvalue weighted by molar-refractivity contribution is 5.87. The molecule has 1 unspecified atom stereocenters. The number of carboxylic acid groups (broad SMARTS) is 1. The van der Waals surface area contributed by atoms with E-state index in [9.17, 15) is 19.5 Å². The van der Waals surface area contributed by atoms with Crippen molar-refractivity contribution in [2.45, 2.75) is 37.6 Å². The molecule has 34 heavy (non-hydrogen) atoms. The molecule has 2 aromatic carbocycles. The molecular weight excluding hydrogens is 436 g/mol. The molecule has 1 atom stereocenters. The number of fused-ring (bicyclic) bond motifs is 3. The molecule has 1 heterocycles. The van der Waals surface area contributed by atoms with Crippen molar-refractivity contribution >= 4 is 18.0 Å². The molecular formula is C26H30N2O6. The number of carbonyl (C=O) groups excluding carboxylic acids is 2. The van der Waals surface area contributed by atoms with Gasteiger partial charge in [0.25, 0.3) is 0 Å². The molecule has 1 fully saturated rings. The summed E-state index contributed by atoms with van der Waals surface area (Å²) in [5.41, 5.74) is 3.42. The van der Waals surface area contributed by atoms with E-state index in [1.807, 2.05) is 24.3 Å².